The van der Waals surface area contributed by atoms with Crippen LogP contribution in [0.5, 0.6) is 0 Å². The fourth-order valence-electron chi connectivity index (χ4n) is 25.4. The van der Waals surface area contributed by atoms with Crippen molar-refractivity contribution in [1.82, 2.24) is 0 Å². The minimum atomic E-state index is -0.389. The Morgan fingerprint density at radius 2 is 0.347 bits per heavy atom. The molecule has 3 aliphatic rings. The van der Waals surface area contributed by atoms with E-state index in [-0.39, 0.29) is 52.0 Å². The number of rotatable bonds is 11. The van der Waals surface area contributed by atoms with Gasteiger partial charge in [-0.05, 0) is 323 Å². The Bertz CT molecular complexity index is 10100. The van der Waals surface area contributed by atoms with Gasteiger partial charge in [-0.1, -0.05) is 527 Å². The third-order valence-corrected chi connectivity index (χ3v) is 32.3. The number of benzene rings is 26. The van der Waals surface area contributed by atoms with E-state index in [0.717, 1.165) is 43.8 Å². The van der Waals surface area contributed by atoms with Crippen LogP contribution in [-0.2, 0) is 16.2 Å². The summed E-state index contributed by atoms with van der Waals surface area (Å²) in [4.78, 5) is 0. The van der Waals surface area contributed by atoms with Crippen molar-refractivity contribution in [2.75, 3.05) is 0 Å². The Hall–Kier alpha value is -17.9. The lowest BCUT2D eigenvalue weighted by Gasteiger charge is -2.23. The molecule has 0 radical (unpaired) electrons. The molecule has 0 saturated carbocycles. The molecule has 147 heavy (non-hydrogen) atoms. The van der Waals surface area contributed by atoms with E-state index in [2.05, 4.69) is 503 Å². The van der Waals surface area contributed by atoms with Gasteiger partial charge < -0.3 is 0 Å². The average Bonchev–Trinajstić information content (AvgIpc) is 1.17. The third-order valence-electron chi connectivity index (χ3n) is 32.3. The lowest BCUT2D eigenvalue weighted by atomic mass is 9.80. The molecule has 0 atom stereocenters. The van der Waals surface area contributed by atoms with Gasteiger partial charge in [-0.3, -0.25) is 0 Å². The second kappa shape index (κ2) is 35.3. The molecule has 29 rings (SSSR count). The van der Waals surface area contributed by atoms with Crippen LogP contribution in [0, 0.1) is 0 Å². The summed E-state index contributed by atoms with van der Waals surface area (Å²) in [6, 6.07) is 178. The van der Waals surface area contributed by atoms with Crippen LogP contribution >= 0.6 is 0 Å². The predicted molar refractivity (Wildman–Crippen MR) is 629 cm³/mol. The van der Waals surface area contributed by atoms with Crippen molar-refractivity contribution < 1.29 is 6.85 Å². The normalized spacial score (nSPS) is 13.6. The molecule has 0 amide bonds. The molecule has 0 nitrogen and oxygen atoms in total. The summed E-state index contributed by atoms with van der Waals surface area (Å²) in [5.74, 6) is 0. The van der Waals surface area contributed by atoms with E-state index >= 15 is 0 Å². The third kappa shape index (κ3) is 14.5. The van der Waals surface area contributed by atoms with Gasteiger partial charge in [0.25, 0.3) is 0 Å². The molecule has 0 fully saturated rings. The molecule has 0 saturated heterocycles. The van der Waals surface area contributed by atoms with Gasteiger partial charge in [-0.25, -0.2) is 0 Å². The van der Waals surface area contributed by atoms with Crippen molar-refractivity contribution in [2.24, 2.45) is 0 Å². The van der Waals surface area contributed by atoms with Gasteiger partial charge in [0.05, 0.1) is 6.85 Å². The van der Waals surface area contributed by atoms with Crippen molar-refractivity contribution in [3.05, 3.63) is 555 Å². The molecule has 0 heteroatoms. The first kappa shape index (κ1) is 82.6. The molecule has 0 aromatic heterocycles. The zero-order valence-corrected chi connectivity index (χ0v) is 82.8. The number of hydrogen-bond donors (Lipinski definition) is 0. The minimum Gasteiger partial charge on any atom is -0.0622 e. The summed E-state index contributed by atoms with van der Waals surface area (Å²) in [5.41, 5.74) is 41.1. The van der Waals surface area contributed by atoms with Crippen LogP contribution in [0.15, 0.2) is 522 Å². The molecular formula is C147H104. The largest absolute Gasteiger partial charge is 0.0629 e. The number of fused-ring (bicyclic) bond motifs is 18. The summed E-state index contributed by atoms with van der Waals surface area (Å²) < 4.78 is 42.1. The van der Waals surface area contributed by atoms with Gasteiger partial charge in [-0.15, -0.1) is 0 Å². The van der Waals surface area contributed by atoms with Crippen LogP contribution in [0.3, 0.4) is 0 Å². The van der Waals surface area contributed by atoms with E-state index in [9.17, 15) is 0 Å². The highest BCUT2D eigenvalue weighted by molar-refractivity contribution is 6.28. The van der Waals surface area contributed by atoms with Crippen molar-refractivity contribution in [1.29, 1.82) is 0 Å². The van der Waals surface area contributed by atoms with Crippen molar-refractivity contribution in [3.63, 3.8) is 0 Å². The van der Waals surface area contributed by atoms with Gasteiger partial charge in [-0.2, -0.15) is 0 Å². The lowest BCUT2D eigenvalue weighted by Crippen LogP contribution is -2.14. The summed E-state index contributed by atoms with van der Waals surface area (Å²) in [5, 5.41) is 22.0. The summed E-state index contributed by atoms with van der Waals surface area (Å²) in [6.07, 6.45) is 0. The van der Waals surface area contributed by atoms with Crippen molar-refractivity contribution in [3.8, 4) is 156 Å². The standard InChI is InChI=1S/C55H38.C51H36.C41H30/c1-55(2)49-28-16-15-21-39(49)40-31-29-38(34-50(40)55)54-46-27-14-11-24-43(46)52(36-19-7-4-8-20-36)48-33-37(30-32-47(48)54)53-44-25-12-9-22-41(44)51(35-17-5-3-6-18-35)42-23-10-13-26-45(42)53;1-51(2)47-22-11-10-18-41(47)42-29-28-38(32-48(42)51)50-44-20-9-8-19-43(44)49(36-14-4-3-5-15-36)46-31-37(27-30-45(46)50)33-23-25-35(26-24-33)40-21-12-16-34-13-6-7-17-39(34)40;1-41(2)37-20-12-11-17-31(37)32-23-22-30(26-38(32)41)40-34-19-10-9-18-33(34)39(28-15-7-4-8-16-28)36-25-29(21-24-35(36)40)27-13-5-3-6-14-27/h3-34H,1-2H3;3-32H,1-2H3;3-26H,1-2H3/i;;3D,5D,6D,13D,14D. The highest BCUT2D eigenvalue weighted by Gasteiger charge is 2.40. The lowest BCUT2D eigenvalue weighted by molar-refractivity contribution is 0.660. The quantitative estimate of drug-likeness (QED) is 0.113. The molecule has 0 bridgehead atoms. The summed E-state index contributed by atoms with van der Waals surface area (Å²) in [7, 11) is 0. The maximum absolute atomic E-state index is 8.70. The zero-order chi connectivity index (χ0) is 103. The second-order valence-electron chi connectivity index (χ2n) is 41.4. The minimum absolute atomic E-state index is 0.0666. The van der Waals surface area contributed by atoms with Gasteiger partial charge in [0.1, 0.15) is 0 Å². The van der Waals surface area contributed by atoms with Gasteiger partial charge in [0.15, 0.2) is 0 Å². The zero-order valence-electron chi connectivity index (χ0n) is 87.8. The maximum atomic E-state index is 8.70. The first-order valence-electron chi connectivity index (χ1n) is 53.8. The molecular weight excluding hydrogens is 1770 g/mol. The predicted octanol–water partition coefficient (Wildman–Crippen LogP) is 40.7. The highest BCUT2D eigenvalue weighted by atomic mass is 14.4. The Morgan fingerprint density at radius 1 is 0.129 bits per heavy atom. The molecule has 3 aliphatic carbocycles. The van der Waals surface area contributed by atoms with Crippen molar-refractivity contribution >= 4 is 97.0 Å². The smallest absolute Gasteiger partial charge is 0.0622 e. The monoisotopic (exact) mass is 1870 g/mol. The highest BCUT2D eigenvalue weighted by Crippen LogP contribution is 2.58. The fourth-order valence-corrected chi connectivity index (χ4v) is 25.4. The molecule has 0 unspecified atom stereocenters. The molecule has 0 spiro atoms. The Kier molecular flexibility index (Phi) is 19.8. The Morgan fingerprint density at radius 3 is 0.687 bits per heavy atom. The Balaban J connectivity index is 0.000000112. The van der Waals surface area contributed by atoms with Gasteiger partial charge >= 0.3 is 0 Å². The van der Waals surface area contributed by atoms with Gasteiger partial charge in [0.2, 0.25) is 0 Å². The molecule has 692 valence electrons. The van der Waals surface area contributed by atoms with E-state index in [0.29, 0.717) is 5.56 Å². The van der Waals surface area contributed by atoms with Crippen LogP contribution in [0.1, 0.15) is 81.8 Å². The molecule has 0 aliphatic heterocycles. The SMILES string of the molecule is CC1(C)c2ccccc2-c2ccc(-c3c4ccccc4c(-c4ccccc4)c4cc(-c5c6ccccc6c(-c6ccccc6)c6ccccc56)ccc34)cc21.CC1(C)c2ccccc2-c2ccc(-c3c4ccccc4c(-c4ccccc4)c4cc(-c5ccc(-c6cccc7ccccc67)cc5)ccc34)cc21.[2H]c1c([2H])c([2H])c(-c2ccc3c(-c4ccc5c(c4)C(C)(C)c4ccccc4-5)c4ccccc4c(-c4ccccc4)c3c2)c([2H])c1[2H]. The first-order chi connectivity index (χ1) is 74.3. The van der Waals surface area contributed by atoms with E-state index in [4.69, 9.17) is 6.85 Å². The fraction of sp³-hybridized carbons (Fsp3) is 0.0612. The molecule has 0 N–H and O–H groups in total. The molecule has 26 aromatic rings. The Labute approximate surface area is 866 Å². The summed E-state index contributed by atoms with van der Waals surface area (Å²) >= 11 is 0. The van der Waals surface area contributed by atoms with Crippen LogP contribution in [0.25, 0.3) is 253 Å². The van der Waals surface area contributed by atoms with E-state index in [1.54, 1.807) is 0 Å². The van der Waals surface area contributed by atoms with Crippen LogP contribution < -0.4 is 0 Å². The van der Waals surface area contributed by atoms with E-state index < -0.39 is 0 Å². The van der Waals surface area contributed by atoms with Crippen LogP contribution in [0.4, 0.5) is 0 Å². The summed E-state index contributed by atoms with van der Waals surface area (Å²) in [6.45, 7) is 14.1. The maximum Gasteiger partial charge on any atom is 0.0629 e. The molecule has 26 aromatic carbocycles. The van der Waals surface area contributed by atoms with Crippen molar-refractivity contribution in [2.45, 2.75) is 57.8 Å². The van der Waals surface area contributed by atoms with Crippen LogP contribution in [-0.4, -0.2) is 0 Å². The van der Waals surface area contributed by atoms with E-state index in [1.807, 2.05) is 30.3 Å². The van der Waals surface area contributed by atoms with Gasteiger partial charge in [0, 0.05) is 16.2 Å². The second-order valence-corrected chi connectivity index (χ2v) is 41.4. The van der Waals surface area contributed by atoms with E-state index in [1.165, 1.54) is 231 Å². The molecule has 0 heterocycles. The van der Waals surface area contributed by atoms with Crippen LogP contribution in [0.2, 0.25) is 0 Å². The topological polar surface area (TPSA) is 0 Å². The first-order valence-corrected chi connectivity index (χ1v) is 51.3. The average molecular weight is 1880 g/mol. The number of hydrogen-bond acceptors (Lipinski definition) is 0.